The maximum absolute atomic E-state index is 13.9. The zero-order valence-electron chi connectivity index (χ0n) is 21.9. The van der Waals surface area contributed by atoms with Crippen molar-refractivity contribution < 1.29 is 19.4 Å². The van der Waals surface area contributed by atoms with Crippen molar-refractivity contribution in [2.75, 3.05) is 37.9 Å². The molecule has 4 bridgehead atoms. The van der Waals surface area contributed by atoms with Gasteiger partial charge in [-0.05, 0) is 92.9 Å². The van der Waals surface area contributed by atoms with Gasteiger partial charge in [-0.15, -0.1) is 11.8 Å². The van der Waals surface area contributed by atoms with E-state index in [0.29, 0.717) is 29.7 Å². The van der Waals surface area contributed by atoms with E-state index < -0.39 is 5.60 Å². The number of carbonyl (C=O) groups is 2. The number of carbonyl (C=O) groups excluding carboxylic acids is 2. The minimum absolute atomic E-state index is 0.0549. The summed E-state index contributed by atoms with van der Waals surface area (Å²) < 4.78 is 4.88. The number of aliphatic hydroxyl groups is 1. The Labute approximate surface area is 219 Å². The first-order valence-electron chi connectivity index (χ1n) is 13.8. The van der Waals surface area contributed by atoms with Gasteiger partial charge >= 0.3 is 5.97 Å². The number of methoxy groups -OCH3 is 1. The van der Waals surface area contributed by atoms with Gasteiger partial charge in [-0.3, -0.25) is 9.59 Å². The molecule has 36 heavy (non-hydrogen) atoms. The summed E-state index contributed by atoms with van der Waals surface area (Å²) in [5.41, 5.74) is 0.193. The van der Waals surface area contributed by atoms with Crippen LogP contribution in [0.25, 0.3) is 0 Å². The van der Waals surface area contributed by atoms with E-state index >= 15 is 0 Å². The summed E-state index contributed by atoms with van der Waals surface area (Å²) >= 11 is 1.66. The van der Waals surface area contributed by atoms with Gasteiger partial charge in [0.05, 0.1) is 18.3 Å². The van der Waals surface area contributed by atoms with Gasteiger partial charge in [-0.2, -0.15) is 0 Å². The average molecular weight is 516 g/mol. The lowest BCUT2D eigenvalue weighted by Gasteiger charge is -2.59. The summed E-state index contributed by atoms with van der Waals surface area (Å²) in [6, 6.07) is 4.16. The Hall–Kier alpha value is -1.80. The number of hydrogen-bond acceptors (Lipinski definition) is 7. The summed E-state index contributed by atoms with van der Waals surface area (Å²) in [6.07, 6.45) is 8.37. The molecule has 5 fully saturated rings. The summed E-state index contributed by atoms with van der Waals surface area (Å²) in [6.45, 7) is 3.83. The van der Waals surface area contributed by atoms with Crippen LogP contribution in [0.1, 0.15) is 75.1 Å². The number of esters is 1. The molecule has 1 aromatic heterocycles. The van der Waals surface area contributed by atoms with Crippen LogP contribution in [0, 0.1) is 23.7 Å². The van der Waals surface area contributed by atoms with E-state index in [1.54, 1.807) is 11.8 Å². The van der Waals surface area contributed by atoms with E-state index in [4.69, 9.17) is 9.72 Å². The largest absolute Gasteiger partial charge is 0.469 e. The predicted molar refractivity (Wildman–Crippen MR) is 141 cm³/mol. The third kappa shape index (κ3) is 5.13. The molecule has 0 aromatic carbocycles. The number of amides is 1. The number of thioether (sulfide) groups is 1. The molecule has 198 valence electrons. The quantitative estimate of drug-likeness (QED) is 0.406. The Bertz CT molecular complexity index is 972. The van der Waals surface area contributed by atoms with E-state index in [-0.39, 0.29) is 23.8 Å². The van der Waals surface area contributed by atoms with E-state index in [0.717, 1.165) is 81.1 Å². The average Bonchev–Trinajstić information content (AvgIpc) is 2.85. The van der Waals surface area contributed by atoms with Crippen molar-refractivity contribution in [3.63, 3.8) is 0 Å². The van der Waals surface area contributed by atoms with Crippen LogP contribution in [0.5, 0.6) is 0 Å². The van der Waals surface area contributed by atoms with Gasteiger partial charge in [-0.1, -0.05) is 6.92 Å². The molecule has 4 aliphatic carbocycles. The van der Waals surface area contributed by atoms with Crippen molar-refractivity contribution in [1.29, 1.82) is 0 Å². The predicted octanol–water partition coefficient (Wildman–Crippen LogP) is 4.37. The highest BCUT2D eigenvalue weighted by atomic mass is 32.2. The van der Waals surface area contributed by atoms with Gasteiger partial charge in [0, 0.05) is 32.6 Å². The van der Waals surface area contributed by atoms with E-state index in [2.05, 4.69) is 11.8 Å². The second kappa shape index (κ2) is 10.5. The van der Waals surface area contributed by atoms with Crippen LogP contribution in [0.4, 0.5) is 5.82 Å². The first-order valence-corrected chi connectivity index (χ1v) is 14.7. The van der Waals surface area contributed by atoms with Crippen LogP contribution in [0.15, 0.2) is 17.2 Å². The molecule has 3 atom stereocenters. The molecule has 1 amide bonds. The molecule has 0 spiro atoms. The number of pyridine rings is 1. The summed E-state index contributed by atoms with van der Waals surface area (Å²) in [7, 11) is 3.41. The number of rotatable bonds is 8. The van der Waals surface area contributed by atoms with Crippen LogP contribution < -0.4 is 4.90 Å². The fraction of sp³-hybridized carbons (Fsp3) is 0.750. The van der Waals surface area contributed by atoms with Crippen LogP contribution in [0.2, 0.25) is 0 Å². The zero-order chi connectivity index (χ0) is 25.4. The fourth-order valence-corrected chi connectivity index (χ4v) is 8.62. The van der Waals surface area contributed by atoms with Crippen molar-refractivity contribution in [2.45, 2.75) is 81.4 Å². The first kappa shape index (κ1) is 25.8. The van der Waals surface area contributed by atoms with Gasteiger partial charge in [0.2, 0.25) is 0 Å². The van der Waals surface area contributed by atoms with Gasteiger partial charge in [-0.25, -0.2) is 4.98 Å². The first-order chi connectivity index (χ1) is 17.3. The maximum atomic E-state index is 13.9. The number of anilines is 1. The lowest BCUT2D eigenvalue weighted by atomic mass is 9.52. The molecular weight excluding hydrogens is 474 g/mol. The van der Waals surface area contributed by atoms with Gasteiger partial charge in [0.1, 0.15) is 10.8 Å². The van der Waals surface area contributed by atoms with E-state index in [1.807, 2.05) is 24.1 Å². The van der Waals surface area contributed by atoms with Crippen LogP contribution in [-0.4, -0.2) is 71.5 Å². The van der Waals surface area contributed by atoms with Crippen LogP contribution in [-0.2, 0) is 9.53 Å². The minimum Gasteiger partial charge on any atom is -0.469 e. The van der Waals surface area contributed by atoms with E-state index in [1.165, 1.54) is 7.11 Å². The molecule has 1 aliphatic heterocycles. The Morgan fingerprint density at radius 1 is 1.25 bits per heavy atom. The second-order valence-electron chi connectivity index (χ2n) is 11.7. The summed E-state index contributed by atoms with van der Waals surface area (Å²) in [5.74, 6) is 3.38. The maximum Gasteiger partial charge on any atom is 0.305 e. The highest BCUT2D eigenvalue weighted by Crippen LogP contribution is 2.57. The van der Waals surface area contributed by atoms with Crippen molar-refractivity contribution in [2.24, 2.45) is 23.7 Å². The zero-order valence-corrected chi connectivity index (χ0v) is 22.8. The number of hydrogen-bond donors (Lipinski definition) is 1. The Morgan fingerprint density at radius 3 is 2.67 bits per heavy atom. The summed E-state index contributed by atoms with van der Waals surface area (Å²) in [4.78, 5) is 34.9. The highest BCUT2D eigenvalue weighted by Gasteiger charge is 2.56. The monoisotopic (exact) mass is 515 g/mol. The molecule has 7 nitrogen and oxygen atoms in total. The Balaban J connectivity index is 1.34. The van der Waals surface area contributed by atoms with Crippen molar-refractivity contribution in [1.82, 2.24) is 9.88 Å². The van der Waals surface area contributed by atoms with Gasteiger partial charge in [0.15, 0.2) is 0 Å². The molecule has 0 radical (unpaired) electrons. The topological polar surface area (TPSA) is 83.0 Å². The van der Waals surface area contributed by atoms with Crippen molar-refractivity contribution >= 4 is 29.5 Å². The van der Waals surface area contributed by atoms with Crippen molar-refractivity contribution in [3.8, 4) is 0 Å². The molecule has 2 heterocycles. The second-order valence-corrected chi connectivity index (χ2v) is 12.8. The standard InChI is InChI=1S/C28H41N3O4S/c1-4-10-36-26-22(7-8-23(29-26)31-9-5-6-18(17-31)13-24(32)35-3)27(33)30(2)25-20-11-19-12-21(25)16-28(34,14-19)15-20/h7-8,18-21,25,34H,4-6,9-17H2,1-3H3/t18-,19?,20?,21?,25?,28?/m0/s1. The number of ether oxygens (including phenoxy) is 1. The Morgan fingerprint density at radius 2 is 2.00 bits per heavy atom. The molecule has 1 saturated heterocycles. The van der Waals surface area contributed by atoms with Crippen LogP contribution in [0.3, 0.4) is 0 Å². The number of piperidine rings is 1. The number of nitrogens with zero attached hydrogens (tertiary/aromatic N) is 3. The molecule has 1 aromatic rings. The third-order valence-corrected chi connectivity index (χ3v) is 10.2. The molecule has 2 unspecified atom stereocenters. The van der Waals surface area contributed by atoms with Crippen LogP contribution >= 0.6 is 11.8 Å². The highest BCUT2D eigenvalue weighted by molar-refractivity contribution is 7.99. The molecule has 4 saturated carbocycles. The molecular formula is C28H41N3O4S. The van der Waals surface area contributed by atoms with Gasteiger partial charge < -0.3 is 19.6 Å². The third-order valence-electron chi connectivity index (χ3n) is 9.00. The smallest absolute Gasteiger partial charge is 0.305 e. The molecule has 6 rings (SSSR count). The molecule has 1 N–H and O–H groups in total. The Kier molecular flexibility index (Phi) is 7.55. The van der Waals surface area contributed by atoms with Gasteiger partial charge in [0.25, 0.3) is 5.91 Å². The summed E-state index contributed by atoms with van der Waals surface area (Å²) in [5, 5.41) is 11.8. The number of aromatic nitrogens is 1. The van der Waals surface area contributed by atoms with Crippen molar-refractivity contribution in [3.05, 3.63) is 17.7 Å². The normalized spacial score (nSPS) is 33.0. The SMILES string of the molecule is CCCSc1nc(N2CCC[C@@H](CC(=O)OC)C2)ccc1C(=O)N(C)C1C2CC3CC1CC(O)(C3)C2. The fourth-order valence-electron chi connectivity index (χ4n) is 7.75. The van der Waals surface area contributed by atoms with E-state index in [9.17, 15) is 14.7 Å². The minimum atomic E-state index is -0.498. The lowest BCUT2D eigenvalue weighted by molar-refractivity contribution is -0.152. The lowest BCUT2D eigenvalue weighted by Crippen LogP contribution is -2.61. The molecule has 5 aliphatic rings. The molecule has 8 heteroatoms.